The van der Waals surface area contributed by atoms with Crippen molar-refractivity contribution in [3.8, 4) is 0 Å². The van der Waals surface area contributed by atoms with Gasteiger partial charge in [0.2, 0.25) is 0 Å². The third kappa shape index (κ3) is 3.23. The summed E-state index contributed by atoms with van der Waals surface area (Å²) in [5.74, 6) is 0.147. The molecule has 0 saturated heterocycles. The average Bonchev–Trinajstić information content (AvgIpc) is 2.13. The van der Waals surface area contributed by atoms with Gasteiger partial charge >= 0.3 is 7.60 Å². The van der Waals surface area contributed by atoms with E-state index in [-0.39, 0.29) is 17.6 Å². The first-order chi connectivity index (χ1) is 8.18. The normalized spacial score (nSPS) is 28.4. The molecular weight excluding hydrogens is 251 g/mol. The van der Waals surface area contributed by atoms with Crippen molar-refractivity contribution >= 4 is 13.4 Å². The summed E-state index contributed by atoms with van der Waals surface area (Å²) in [4.78, 5) is 11.9. The van der Waals surface area contributed by atoms with Crippen molar-refractivity contribution in [1.82, 2.24) is 0 Å². The number of hydrogen-bond donors (Lipinski definition) is 0. The van der Waals surface area contributed by atoms with Gasteiger partial charge in [-0.15, -0.1) is 0 Å². The van der Waals surface area contributed by atoms with Gasteiger partial charge in [0.1, 0.15) is 5.78 Å². The van der Waals surface area contributed by atoms with E-state index >= 15 is 0 Å². The summed E-state index contributed by atoms with van der Waals surface area (Å²) in [6, 6.07) is 0. The van der Waals surface area contributed by atoms with Crippen molar-refractivity contribution in [2.75, 3.05) is 13.2 Å². The molecule has 106 valence electrons. The molecule has 4 nitrogen and oxygen atoms in total. The predicted molar refractivity (Wildman–Crippen MR) is 71.9 cm³/mol. The van der Waals surface area contributed by atoms with Gasteiger partial charge in [-0.25, -0.2) is 0 Å². The minimum atomic E-state index is -3.24. The summed E-state index contributed by atoms with van der Waals surface area (Å²) in [6.07, 6.45) is 1.51. The summed E-state index contributed by atoms with van der Waals surface area (Å²) < 4.78 is 23.8. The van der Waals surface area contributed by atoms with Gasteiger partial charge < -0.3 is 9.05 Å². The molecule has 0 N–H and O–H groups in total. The minimum absolute atomic E-state index is 0.145. The van der Waals surface area contributed by atoms with E-state index in [0.29, 0.717) is 26.1 Å². The zero-order valence-corrected chi connectivity index (χ0v) is 13.0. The number of carbonyl (C=O) groups excluding carboxylic acids is 1. The van der Waals surface area contributed by atoms with Gasteiger partial charge in [0.15, 0.2) is 0 Å². The van der Waals surface area contributed by atoms with E-state index < -0.39 is 12.8 Å². The highest BCUT2D eigenvalue weighted by atomic mass is 31.2. The van der Waals surface area contributed by atoms with Crippen LogP contribution in [0.4, 0.5) is 0 Å². The van der Waals surface area contributed by atoms with Gasteiger partial charge in [-0.1, -0.05) is 13.8 Å². The Hall–Kier alpha value is -0.180. The van der Waals surface area contributed by atoms with Crippen molar-refractivity contribution in [2.45, 2.75) is 59.0 Å². The number of Topliss-reactive ketones (excluding diaryl/α,β-unsaturated/α-hetero) is 1. The molecule has 0 bridgehead atoms. The molecule has 0 aliphatic heterocycles. The van der Waals surface area contributed by atoms with Crippen LogP contribution < -0.4 is 0 Å². The Labute approximate surface area is 110 Å². The molecule has 0 aromatic carbocycles. The number of carbonyl (C=O) groups is 1. The second-order valence-electron chi connectivity index (χ2n) is 6.06. The van der Waals surface area contributed by atoms with Crippen LogP contribution in [0.2, 0.25) is 0 Å². The van der Waals surface area contributed by atoms with Crippen LogP contribution in [0.3, 0.4) is 0 Å². The molecular formula is C13H25O4P. The molecule has 5 heteroatoms. The van der Waals surface area contributed by atoms with Crippen LogP contribution in [-0.2, 0) is 18.4 Å². The first-order valence-electron chi connectivity index (χ1n) is 6.59. The summed E-state index contributed by atoms with van der Waals surface area (Å²) in [5, 5.41) is -0.697. The van der Waals surface area contributed by atoms with Gasteiger partial charge in [0, 0.05) is 12.8 Å². The maximum Gasteiger partial charge on any atom is 0.336 e. The lowest BCUT2D eigenvalue weighted by atomic mass is 9.72. The van der Waals surface area contributed by atoms with Crippen LogP contribution >= 0.6 is 7.60 Å². The second-order valence-corrected chi connectivity index (χ2v) is 8.65. The molecule has 1 aliphatic rings. The van der Waals surface area contributed by atoms with Crippen molar-refractivity contribution < 1.29 is 18.4 Å². The third-order valence-corrected chi connectivity index (χ3v) is 6.21. The van der Waals surface area contributed by atoms with E-state index in [0.717, 1.165) is 0 Å². The zero-order valence-electron chi connectivity index (χ0n) is 12.1. The monoisotopic (exact) mass is 276 g/mol. The molecule has 0 amide bonds. The Bertz CT molecular complexity index is 354. The summed E-state index contributed by atoms with van der Waals surface area (Å²) in [6.45, 7) is 10.2. The maximum atomic E-state index is 12.9. The summed E-state index contributed by atoms with van der Waals surface area (Å²) in [5.41, 5.74) is -0.145. The van der Waals surface area contributed by atoms with Crippen molar-refractivity contribution in [3.05, 3.63) is 0 Å². The zero-order chi connectivity index (χ0) is 14.0. The van der Waals surface area contributed by atoms with Gasteiger partial charge in [-0.05, 0) is 32.6 Å². The van der Waals surface area contributed by atoms with Crippen LogP contribution in [0.25, 0.3) is 0 Å². The molecule has 0 spiro atoms. The van der Waals surface area contributed by atoms with Crippen LogP contribution in [0.15, 0.2) is 0 Å². The van der Waals surface area contributed by atoms with Crippen LogP contribution in [-0.4, -0.2) is 24.2 Å². The Balaban J connectivity index is 3.08. The molecule has 0 aromatic rings. The summed E-state index contributed by atoms with van der Waals surface area (Å²) in [7, 11) is -3.24. The van der Waals surface area contributed by atoms with E-state index in [1.165, 1.54) is 0 Å². The lowest BCUT2D eigenvalue weighted by Gasteiger charge is -2.44. The molecule has 1 atom stereocenters. The predicted octanol–water partition coefficient (Wildman–Crippen LogP) is 3.79. The highest BCUT2D eigenvalue weighted by molar-refractivity contribution is 7.55. The minimum Gasteiger partial charge on any atom is -0.308 e. The number of rotatable bonds is 5. The van der Waals surface area contributed by atoms with Crippen molar-refractivity contribution in [1.29, 1.82) is 0 Å². The Morgan fingerprint density at radius 2 is 1.61 bits per heavy atom. The molecule has 1 fully saturated rings. The first-order valence-corrected chi connectivity index (χ1v) is 8.13. The molecule has 0 radical (unpaired) electrons. The molecule has 1 aliphatic carbocycles. The van der Waals surface area contributed by atoms with Crippen LogP contribution in [0.1, 0.15) is 53.9 Å². The van der Waals surface area contributed by atoms with Gasteiger partial charge in [-0.3, -0.25) is 9.36 Å². The van der Waals surface area contributed by atoms with E-state index in [2.05, 4.69) is 0 Å². The second kappa shape index (κ2) is 5.44. The SMILES string of the molecule is CCOP(=O)(OCC)C1(C)CC(=O)CC(C)(C)C1. The van der Waals surface area contributed by atoms with Crippen molar-refractivity contribution in [3.63, 3.8) is 0 Å². The van der Waals surface area contributed by atoms with Crippen LogP contribution in [0.5, 0.6) is 0 Å². The van der Waals surface area contributed by atoms with Gasteiger partial charge in [0.25, 0.3) is 0 Å². The topological polar surface area (TPSA) is 52.6 Å². The third-order valence-electron chi connectivity index (χ3n) is 3.37. The smallest absolute Gasteiger partial charge is 0.308 e. The van der Waals surface area contributed by atoms with E-state index in [9.17, 15) is 9.36 Å². The fourth-order valence-corrected chi connectivity index (χ4v) is 5.43. The molecule has 0 heterocycles. The van der Waals surface area contributed by atoms with E-state index in [4.69, 9.17) is 9.05 Å². The van der Waals surface area contributed by atoms with Crippen molar-refractivity contribution in [2.24, 2.45) is 5.41 Å². The molecule has 18 heavy (non-hydrogen) atoms. The Morgan fingerprint density at radius 1 is 1.11 bits per heavy atom. The highest BCUT2D eigenvalue weighted by Crippen LogP contribution is 2.66. The molecule has 1 saturated carbocycles. The standard InChI is InChI=1S/C13H25O4P/c1-6-16-18(15,17-7-2)13(5)9-11(14)8-12(3,4)10-13/h6-10H2,1-5H3. The highest BCUT2D eigenvalue weighted by Gasteiger charge is 2.53. The molecule has 1 unspecified atom stereocenters. The molecule has 0 aromatic heterocycles. The Morgan fingerprint density at radius 3 is 2.00 bits per heavy atom. The van der Waals surface area contributed by atoms with Gasteiger partial charge in [-0.2, -0.15) is 0 Å². The Kier molecular flexibility index (Phi) is 4.80. The van der Waals surface area contributed by atoms with Crippen LogP contribution in [0, 0.1) is 5.41 Å². The first kappa shape index (κ1) is 15.9. The van der Waals surface area contributed by atoms with E-state index in [1.807, 2.05) is 20.8 Å². The molecule has 1 rings (SSSR count). The summed E-state index contributed by atoms with van der Waals surface area (Å²) >= 11 is 0. The lowest BCUT2D eigenvalue weighted by Crippen LogP contribution is -2.41. The lowest BCUT2D eigenvalue weighted by molar-refractivity contribution is -0.124. The van der Waals surface area contributed by atoms with Gasteiger partial charge in [0.05, 0.1) is 18.4 Å². The largest absolute Gasteiger partial charge is 0.336 e. The quantitative estimate of drug-likeness (QED) is 0.717. The average molecular weight is 276 g/mol. The maximum absolute atomic E-state index is 12.9. The fraction of sp³-hybridized carbons (Fsp3) is 0.923. The fourth-order valence-electron chi connectivity index (χ4n) is 3.06. The number of hydrogen-bond acceptors (Lipinski definition) is 4. The number of ketones is 1. The van der Waals surface area contributed by atoms with E-state index in [1.54, 1.807) is 13.8 Å².